The summed E-state index contributed by atoms with van der Waals surface area (Å²) in [7, 11) is 0. The number of aromatic nitrogens is 1. The quantitative estimate of drug-likeness (QED) is 0.843. The lowest BCUT2D eigenvalue weighted by Gasteiger charge is -2.15. The minimum absolute atomic E-state index is 0.0383. The molecule has 1 heterocycles. The fraction of sp³-hybridized carbons (Fsp3) is 0.444. The van der Waals surface area contributed by atoms with Crippen molar-refractivity contribution in [1.29, 1.82) is 0 Å². The van der Waals surface area contributed by atoms with Gasteiger partial charge in [0.1, 0.15) is 4.88 Å². The number of amides is 1. The summed E-state index contributed by atoms with van der Waals surface area (Å²) in [5.74, 6) is 0.0383. The van der Waals surface area contributed by atoms with Crippen LogP contribution >= 0.6 is 11.3 Å². The average molecular weight is 314 g/mol. The first-order chi connectivity index (χ1) is 10.7. The van der Waals surface area contributed by atoms with Gasteiger partial charge in [-0.2, -0.15) is 0 Å². The molecule has 0 aliphatic heterocycles. The lowest BCUT2D eigenvalue weighted by atomic mass is 10.1. The lowest BCUT2D eigenvalue weighted by molar-refractivity contribution is 0.0938. The number of aryl methyl sites for hydroxylation is 1. The molecule has 2 aromatic rings. The summed E-state index contributed by atoms with van der Waals surface area (Å²) in [6.45, 7) is 1.96. The molecule has 0 saturated heterocycles. The molecule has 3 nitrogen and oxygen atoms in total. The van der Waals surface area contributed by atoms with Gasteiger partial charge in [-0.25, -0.2) is 4.98 Å². The van der Waals surface area contributed by atoms with Crippen LogP contribution in [0.3, 0.4) is 0 Å². The van der Waals surface area contributed by atoms with Crippen molar-refractivity contribution in [2.24, 2.45) is 0 Å². The highest BCUT2D eigenvalue weighted by atomic mass is 32.1. The molecular weight excluding hydrogens is 292 g/mol. The molecule has 22 heavy (non-hydrogen) atoms. The third kappa shape index (κ3) is 3.55. The van der Waals surface area contributed by atoms with Gasteiger partial charge in [-0.1, -0.05) is 56.0 Å². The Bertz CT molecular complexity index is 628. The summed E-state index contributed by atoms with van der Waals surface area (Å²) in [5, 5.41) is 4.17. The van der Waals surface area contributed by atoms with Crippen LogP contribution in [0.5, 0.6) is 0 Å². The van der Waals surface area contributed by atoms with E-state index < -0.39 is 0 Å². The van der Waals surface area contributed by atoms with Crippen molar-refractivity contribution < 1.29 is 4.79 Å². The van der Waals surface area contributed by atoms with E-state index in [-0.39, 0.29) is 5.91 Å². The minimum atomic E-state index is 0.0383. The zero-order chi connectivity index (χ0) is 15.4. The van der Waals surface area contributed by atoms with Crippen molar-refractivity contribution >= 4 is 17.2 Å². The van der Waals surface area contributed by atoms with E-state index in [0.29, 0.717) is 6.04 Å². The molecule has 1 aromatic carbocycles. The first kappa shape index (κ1) is 15.2. The maximum atomic E-state index is 12.7. The van der Waals surface area contributed by atoms with E-state index in [1.807, 2.05) is 37.3 Å². The third-order valence-electron chi connectivity index (χ3n) is 4.18. The molecular formula is C18H22N2OS. The Labute approximate surface area is 135 Å². The molecule has 0 radical (unpaired) electrons. The number of thiazole rings is 1. The molecule has 1 aliphatic carbocycles. The van der Waals surface area contributed by atoms with Gasteiger partial charge in [0.25, 0.3) is 5.91 Å². The third-order valence-corrected chi connectivity index (χ3v) is 5.15. The molecule has 1 fully saturated rings. The Kier molecular flexibility index (Phi) is 4.88. The van der Waals surface area contributed by atoms with Crippen LogP contribution in [0.4, 0.5) is 0 Å². The molecule has 116 valence electrons. The number of carbonyl (C=O) groups excluding carboxylic acids is 1. The van der Waals surface area contributed by atoms with Crippen LogP contribution in [0, 0.1) is 6.92 Å². The zero-order valence-corrected chi connectivity index (χ0v) is 13.8. The van der Waals surface area contributed by atoms with Crippen LogP contribution in [-0.2, 0) is 0 Å². The van der Waals surface area contributed by atoms with Crippen molar-refractivity contribution in [2.45, 2.75) is 51.5 Å². The second kappa shape index (κ2) is 7.05. The topological polar surface area (TPSA) is 42.0 Å². The van der Waals surface area contributed by atoms with Crippen molar-refractivity contribution in [3.8, 4) is 11.3 Å². The van der Waals surface area contributed by atoms with E-state index in [1.54, 1.807) is 0 Å². The standard InChI is InChI=1S/C18H22N2OS/c1-13-19-16(14-9-5-4-6-10-14)17(22-13)18(21)20-15-11-7-2-3-8-12-15/h4-6,9-10,15H,2-3,7-8,11-12H2,1H3,(H,20,21). The smallest absolute Gasteiger partial charge is 0.263 e. The highest BCUT2D eigenvalue weighted by Crippen LogP contribution is 2.28. The normalized spacial score (nSPS) is 16.2. The van der Waals surface area contributed by atoms with Crippen LogP contribution < -0.4 is 5.32 Å². The van der Waals surface area contributed by atoms with Gasteiger partial charge in [-0.3, -0.25) is 4.79 Å². The van der Waals surface area contributed by atoms with Gasteiger partial charge in [-0.05, 0) is 19.8 Å². The van der Waals surface area contributed by atoms with Crippen LogP contribution in [0.15, 0.2) is 30.3 Å². The van der Waals surface area contributed by atoms with Crippen molar-refractivity contribution in [2.75, 3.05) is 0 Å². The summed E-state index contributed by atoms with van der Waals surface area (Å²) in [6.07, 6.45) is 7.23. The van der Waals surface area contributed by atoms with E-state index >= 15 is 0 Å². The van der Waals surface area contributed by atoms with E-state index in [4.69, 9.17) is 0 Å². The predicted octanol–water partition coefficient (Wildman–Crippen LogP) is 4.57. The van der Waals surface area contributed by atoms with Gasteiger partial charge in [0.2, 0.25) is 0 Å². The summed E-state index contributed by atoms with van der Waals surface area (Å²) in [6, 6.07) is 10.3. The molecule has 1 N–H and O–H groups in total. The molecule has 1 aliphatic rings. The Morgan fingerprint density at radius 3 is 2.50 bits per heavy atom. The highest BCUT2D eigenvalue weighted by Gasteiger charge is 2.21. The summed E-state index contributed by atoms with van der Waals surface area (Å²) >= 11 is 1.49. The van der Waals surface area contributed by atoms with Gasteiger partial charge in [0.05, 0.1) is 10.7 Å². The first-order valence-electron chi connectivity index (χ1n) is 8.08. The first-order valence-corrected chi connectivity index (χ1v) is 8.89. The maximum absolute atomic E-state index is 12.7. The van der Waals surface area contributed by atoms with Gasteiger partial charge in [-0.15, -0.1) is 11.3 Å². The van der Waals surface area contributed by atoms with E-state index in [2.05, 4.69) is 10.3 Å². The number of rotatable bonds is 3. The van der Waals surface area contributed by atoms with Crippen LogP contribution in [0.2, 0.25) is 0 Å². The number of hydrogen-bond donors (Lipinski definition) is 1. The maximum Gasteiger partial charge on any atom is 0.263 e. The average Bonchev–Trinajstić information content (AvgIpc) is 2.75. The van der Waals surface area contributed by atoms with E-state index in [0.717, 1.165) is 34.0 Å². The largest absolute Gasteiger partial charge is 0.349 e. The predicted molar refractivity (Wildman–Crippen MR) is 91.2 cm³/mol. The second-order valence-corrected chi connectivity index (χ2v) is 7.14. The minimum Gasteiger partial charge on any atom is -0.349 e. The Morgan fingerprint density at radius 2 is 1.82 bits per heavy atom. The molecule has 0 atom stereocenters. The van der Waals surface area contributed by atoms with Crippen LogP contribution in [-0.4, -0.2) is 16.9 Å². The van der Waals surface area contributed by atoms with E-state index in [9.17, 15) is 4.79 Å². The number of nitrogens with zero attached hydrogens (tertiary/aromatic N) is 1. The van der Waals surface area contributed by atoms with Crippen molar-refractivity contribution in [3.63, 3.8) is 0 Å². The molecule has 1 saturated carbocycles. The SMILES string of the molecule is Cc1nc(-c2ccccc2)c(C(=O)NC2CCCCCC2)s1. The number of benzene rings is 1. The van der Waals surface area contributed by atoms with Crippen molar-refractivity contribution in [3.05, 3.63) is 40.2 Å². The monoisotopic (exact) mass is 314 g/mol. The summed E-state index contributed by atoms with van der Waals surface area (Å²) in [5.41, 5.74) is 1.83. The second-order valence-electron chi connectivity index (χ2n) is 5.94. The Balaban J connectivity index is 1.80. The molecule has 0 bridgehead atoms. The van der Waals surface area contributed by atoms with Gasteiger partial charge < -0.3 is 5.32 Å². The lowest BCUT2D eigenvalue weighted by Crippen LogP contribution is -2.34. The van der Waals surface area contributed by atoms with Gasteiger partial charge in [0.15, 0.2) is 0 Å². The summed E-state index contributed by atoms with van der Waals surface area (Å²) < 4.78 is 0. The van der Waals surface area contributed by atoms with Gasteiger partial charge in [0, 0.05) is 11.6 Å². The number of nitrogens with one attached hydrogen (secondary N) is 1. The molecule has 4 heteroatoms. The van der Waals surface area contributed by atoms with Crippen molar-refractivity contribution in [1.82, 2.24) is 10.3 Å². The summed E-state index contributed by atoms with van der Waals surface area (Å²) in [4.78, 5) is 18.0. The molecule has 1 amide bonds. The highest BCUT2D eigenvalue weighted by molar-refractivity contribution is 7.14. The van der Waals surface area contributed by atoms with Gasteiger partial charge >= 0.3 is 0 Å². The zero-order valence-electron chi connectivity index (χ0n) is 13.0. The van der Waals surface area contributed by atoms with E-state index in [1.165, 1.54) is 37.0 Å². The molecule has 0 unspecified atom stereocenters. The number of carbonyl (C=O) groups is 1. The molecule has 1 aromatic heterocycles. The molecule has 0 spiro atoms. The number of hydrogen-bond acceptors (Lipinski definition) is 3. The fourth-order valence-electron chi connectivity index (χ4n) is 3.05. The Hall–Kier alpha value is -1.68. The van der Waals surface area contributed by atoms with Crippen LogP contribution in [0.25, 0.3) is 11.3 Å². The molecule has 3 rings (SSSR count). The Morgan fingerprint density at radius 1 is 1.14 bits per heavy atom. The van der Waals surface area contributed by atoms with Crippen LogP contribution in [0.1, 0.15) is 53.2 Å². The fourth-order valence-corrected chi connectivity index (χ4v) is 3.89.